The van der Waals surface area contributed by atoms with Gasteiger partial charge in [0.2, 0.25) is 0 Å². The summed E-state index contributed by atoms with van der Waals surface area (Å²) in [5.41, 5.74) is 3.79. The molecule has 0 saturated heterocycles. The first-order valence-electron chi connectivity index (χ1n) is 10.0. The molecule has 2 aromatic rings. The van der Waals surface area contributed by atoms with Gasteiger partial charge in [-0.2, -0.15) is 0 Å². The minimum absolute atomic E-state index is 0.00309. The van der Waals surface area contributed by atoms with E-state index in [1.165, 1.54) is 0 Å². The van der Waals surface area contributed by atoms with Crippen LogP contribution < -0.4 is 10.6 Å². The first-order chi connectivity index (χ1) is 14.2. The number of rotatable bonds is 8. The quantitative estimate of drug-likeness (QED) is 0.654. The molecule has 0 aliphatic rings. The highest BCUT2D eigenvalue weighted by atomic mass is 16.5. The Balaban J connectivity index is 1.66. The third kappa shape index (κ3) is 7.35. The molecule has 0 heterocycles. The fraction of sp³-hybridized carbons (Fsp3) is 0.375. The van der Waals surface area contributed by atoms with Crippen LogP contribution in [0.5, 0.6) is 0 Å². The minimum Gasteiger partial charge on any atom is -0.456 e. The average Bonchev–Trinajstić information content (AvgIpc) is 2.71. The Labute approximate surface area is 178 Å². The van der Waals surface area contributed by atoms with Crippen LogP contribution >= 0.6 is 0 Å². The molecule has 0 spiro atoms. The number of ether oxygens (including phenoxy) is 1. The molecule has 0 radical (unpaired) electrons. The van der Waals surface area contributed by atoms with Gasteiger partial charge >= 0.3 is 5.97 Å². The second kappa shape index (κ2) is 10.6. The molecule has 2 rings (SSSR count). The summed E-state index contributed by atoms with van der Waals surface area (Å²) in [7, 11) is 0. The van der Waals surface area contributed by atoms with E-state index in [-0.39, 0.29) is 36.8 Å². The summed E-state index contributed by atoms with van der Waals surface area (Å²) in [6, 6.07) is 15.1. The number of benzene rings is 2. The predicted molar refractivity (Wildman–Crippen MR) is 116 cm³/mol. The Hall–Kier alpha value is -3.15. The number of carbonyl (C=O) groups excluding carboxylic acids is 3. The Bertz CT molecular complexity index is 883. The van der Waals surface area contributed by atoms with Crippen molar-refractivity contribution in [1.82, 2.24) is 10.6 Å². The Morgan fingerprint density at radius 1 is 0.933 bits per heavy atom. The summed E-state index contributed by atoms with van der Waals surface area (Å²) in [5.74, 6) is -1.15. The SMILES string of the molecule is Cc1ccccc1CNC(=O)COC(=O)CCNC(=O)c1ccc(C(C)(C)C)cc1. The maximum Gasteiger partial charge on any atom is 0.308 e. The largest absolute Gasteiger partial charge is 0.456 e. The van der Waals surface area contributed by atoms with Crippen LogP contribution in [0.1, 0.15) is 54.2 Å². The van der Waals surface area contributed by atoms with E-state index in [2.05, 4.69) is 31.4 Å². The van der Waals surface area contributed by atoms with E-state index >= 15 is 0 Å². The van der Waals surface area contributed by atoms with Crippen LogP contribution in [0.15, 0.2) is 48.5 Å². The smallest absolute Gasteiger partial charge is 0.308 e. The lowest BCUT2D eigenvalue weighted by Gasteiger charge is -2.19. The second-order valence-corrected chi connectivity index (χ2v) is 8.20. The fourth-order valence-electron chi connectivity index (χ4n) is 2.77. The number of nitrogens with one attached hydrogen (secondary N) is 2. The van der Waals surface area contributed by atoms with Gasteiger partial charge in [0.25, 0.3) is 11.8 Å². The number of carbonyl (C=O) groups is 3. The van der Waals surface area contributed by atoms with Crippen LogP contribution in [0, 0.1) is 6.92 Å². The van der Waals surface area contributed by atoms with E-state index in [9.17, 15) is 14.4 Å². The summed E-state index contributed by atoms with van der Waals surface area (Å²) in [5, 5.41) is 5.41. The molecule has 0 saturated carbocycles. The van der Waals surface area contributed by atoms with Crippen molar-refractivity contribution in [3.05, 3.63) is 70.8 Å². The summed E-state index contributed by atoms with van der Waals surface area (Å²) in [6.45, 7) is 8.47. The van der Waals surface area contributed by atoms with E-state index in [1.807, 2.05) is 43.3 Å². The number of esters is 1. The van der Waals surface area contributed by atoms with E-state index < -0.39 is 5.97 Å². The van der Waals surface area contributed by atoms with Crippen molar-refractivity contribution in [2.75, 3.05) is 13.2 Å². The molecule has 0 atom stereocenters. The van der Waals surface area contributed by atoms with Crippen molar-refractivity contribution < 1.29 is 19.1 Å². The van der Waals surface area contributed by atoms with Crippen molar-refractivity contribution >= 4 is 17.8 Å². The van der Waals surface area contributed by atoms with Crippen LogP contribution in [0.4, 0.5) is 0 Å². The molecule has 0 aromatic heterocycles. The van der Waals surface area contributed by atoms with E-state index in [1.54, 1.807) is 12.1 Å². The van der Waals surface area contributed by atoms with Crippen molar-refractivity contribution in [3.8, 4) is 0 Å². The van der Waals surface area contributed by atoms with Crippen LogP contribution in [0.25, 0.3) is 0 Å². The first-order valence-corrected chi connectivity index (χ1v) is 10.0. The molecule has 30 heavy (non-hydrogen) atoms. The maximum absolute atomic E-state index is 12.2. The molecule has 0 bridgehead atoms. The second-order valence-electron chi connectivity index (χ2n) is 8.20. The fourth-order valence-corrected chi connectivity index (χ4v) is 2.77. The molecule has 0 aliphatic heterocycles. The lowest BCUT2D eigenvalue weighted by Crippen LogP contribution is -2.30. The summed E-state index contributed by atoms with van der Waals surface area (Å²) in [6.07, 6.45) is -0.00309. The number of hydrogen-bond donors (Lipinski definition) is 2. The number of amides is 2. The molecular formula is C24H30N2O4. The molecule has 6 nitrogen and oxygen atoms in total. The summed E-state index contributed by atoms with van der Waals surface area (Å²) >= 11 is 0. The Morgan fingerprint density at radius 3 is 2.23 bits per heavy atom. The van der Waals surface area contributed by atoms with E-state index in [0.29, 0.717) is 12.1 Å². The standard InChI is InChI=1S/C24H30N2O4/c1-17-7-5-6-8-19(17)15-26-21(27)16-30-22(28)13-14-25-23(29)18-9-11-20(12-10-18)24(2,3)4/h5-12H,13-16H2,1-4H3,(H,25,29)(H,26,27). The zero-order chi connectivity index (χ0) is 22.1. The van der Waals surface area contributed by atoms with Crippen molar-refractivity contribution in [3.63, 3.8) is 0 Å². The van der Waals surface area contributed by atoms with Gasteiger partial charge in [-0.05, 0) is 41.2 Å². The van der Waals surface area contributed by atoms with Crippen molar-refractivity contribution in [2.24, 2.45) is 0 Å². The van der Waals surface area contributed by atoms with Gasteiger partial charge in [-0.1, -0.05) is 57.2 Å². The zero-order valence-electron chi connectivity index (χ0n) is 18.1. The van der Waals surface area contributed by atoms with Gasteiger partial charge in [0.05, 0.1) is 6.42 Å². The molecule has 160 valence electrons. The van der Waals surface area contributed by atoms with Crippen LogP contribution in [-0.2, 0) is 26.3 Å². The summed E-state index contributed by atoms with van der Waals surface area (Å²) in [4.78, 5) is 35.8. The van der Waals surface area contributed by atoms with Gasteiger partial charge in [0, 0.05) is 18.7 Å². The van der Waals surface area contributed by atoms with Crippen LogP contribution in [-0.4, -0.2) is 30.9 Å². The molecule has 0 fully saturated rings. The van der Waals surface area contributed by atoms with Crippen molar-refractivity contribution in [2.45, 2.75) is 46.1 Å². The average molecular weight is 411 g/mol. The summed E-state index contributed by atoms with van der Waals surface area (Å²) < 4.78 is 4.96. The normalized spacial score (nSPS) is 10.9. The molecule has 2 amide bonds. The first kappa shape index (κ1) is 23.1. The van der Waals surface area contributed by atoms with Gasteiger partial charge in [-0.3, -0.25) is 14.4 Å². The van der Waals surface area contributed by atoms with Gasteiger partial charge < -0.3 is 15.4 Å². The van der Waals surface area contributed by atoms with Gasteiger partial charge in [-0.25, -0.2) is 0 Å². The highest BCUT2D eigenvalue weighted by molar-refractivity contribution is 5.94. The van der Waals surface area contributed by atoms with Gasteiger partial charge in [-0.15, -0.1) is 0 Å². The van der Waals surface area contributed by atoms with Gasteiger partial charge in [0.15, 0.2) is 6.61 Å². The van der Waals surface area contributed by atoms with Gasteiger partial charge in [0.1, 0.15) is 0 Å². The topological polar surface area (TPSA) is 84.5 Å². The molecule has 2 aromatic carbocycles. The molecule has 0 unspecified atom stereocenters. The van der Waals surface area contributed by atoms with E-state index in [4.69, 9.17) is 4.74 Å². The monoisotopic (exact) mass is 410 g/mol. The molecule has 2 N–H and O–H groups in total. The lowest BCUT2D eigenvalue weighted by atomic mass is 9.87. The predicted octanol–water partition coefficient (Wildman–Crippen LogP) is 3.27. The zero-order valence-corrected chi connectivity index (χ0v) is 18.1. The molecule has 6 heteroatoms. The molecule has 0 aliphatic carbocycles. The third-order valence-electron chi connectivity index (χ3n) is 4.73. The number of hydrogen-bond acceptors (Lipinski definition) is 4. The van der Waals surface area contributed by atoms with Crippen LogP contribution in [0.3, 0.4) is 0 Å². The third-order valence-corrected chi connectivity index (χ3v) is 4.73. The highest BCUT2D eigenvalue weighted by Gasteiger charge is 2.14. The highest BCUT2D eigenvalue weighted by Crippen LogP contribution is 2.22. The Kier molecular flexibility index (Phi) is 8.16. The van der Waals surface area contributed by atoms with Crippen molar-refractivity contribution in [1.29, 1.82) is 0 Å². The Morgan fingerprint density at radius 2 is 1.60 bits per heavy atom. The van der Waals surface area contributed by atoms with Crippen LogP contribution in [0.2, 0.25) is 0 Å². The number of aryl methyl sites for hydroxylation is 1. The minimum atomic E-state index is -0.538. The maximum atomic E-state index is 12.2. The lowest BCUT2D eigenvalue weighted by molar-refractivity contribution is -0.148. The molecular weight excluding hydrogens is 380 g/mol. The van der Waals surface area contributed by atoms with E-state index in [0.717, 1.165) is 16.7 Å².